The number of unbranched alkanes of at least 4 members (excludes halogenated alkanes) is 3. The molecule has 0 aromatic carbocycles. The lowest BCUT2D eigenvalue weighted by Crippen LogP contribution is -2.11. The number of rotatable bonds is 8. The summed E-state index contributed by atoms with van der Waals surface area (Å²) in [5, 5.41) is 0. The summed E-state index contributed by atoms with van der Waals surface area (Å²) in [7, 11) is 0. The highest BCUT2D eigenvalue weighted by Gasteiger charge is 2.24. The van der Waals surface area contributed by atoms with Crippen molar-refractivity contribution in [2.45, 2.75) is 58.2 Å². The van der Waals surface area contributed by atoms with E-state index < -0.39 is 0 Å². The summed E-state index contributed by atoms with van der Waals surface area (Å²) in [4.78, 5) is 0. The molecule has 13 heavy (non-hydrogen) atoms. The Kier molecular flexibility index (Phi) is 5.40. The van der Waals surface area contributed by atoms with Crippen molar-refractivity contribution in [1.82, 2.24) is 0 Å². The van der Waals surface area contributed by atoms with E-state index in [0.717, 1.165) is 19.6 Å². The molecule has 78 valence electrons. The van der Waals surface area contributed by atoms with Gasteiger partial charge in [-0.15, -0.1) is 0 Å². The van der Waals surface area contributed by atoms with Gasteiger partial charge in [0, 0.05) is 13.0 Å². The first-order valence-corrected chi connectivity index (χ1v) is 5.56. The van der Waals surface area contributed by atoms with Crippen LogP contribution in [0.4, 0.5) is 0 Å². The molecule has 0 bridgehead atoms. The Bertz CT molecular complexity index is 121. The van der Waals surface area contributed by atoms with Crippen molar-refractivity contribution < 1.29 is 9.47 Å². The molecule has 1 saturated heterocycles. The maximum Gasteiger partial charge on any atom is 0.0834 e. The van der Waals surface area contributed by atoms with E-state index in [1.165, 1.54) is 25.7 Å². The van der Waals surface area contributed by atoms with Gasteiger partial charge >= 0.3 is 0 Å². The third-order valence-corrected chi connectivity index (χ3v) is 2.40. The first-order valence-electron chi connectivity index (χ1n) is 5.56. The summed E-state index contributed by atoms with van der Waals surface area (Å²) in [5.41, 5.74) is 0. The molecular formula is C11H22O2. The minimum Gasteiger partial charge on any atom is -0.378 e. The fraction of sp³-hybridized carbons (Fsp3) is 1.00. The Morgan fingerprint density at radius 3 is 2.77 bits per heavy atom. The maximum atomic E-state index is 5.66. The zero-order chi connectivity index (χ0) is 9.52. The van der Waals surface area contributed by atoms with Gasteiger partial charge in [-0.05, 0) is 13.3 Å². The fourth-order valence-electron chi connectivity index (χ4n) is 1.46. The number of epoxide rings is 1. The van der Waals surface area contributed by atoms with Gasteiger partial charge in [-0.2, -0.15) is 0 Å². The van der Waals surface area contributed by atoms with Crippen molar-refractivity contribution in [2.24, 2.45) is 0 Å². The van der Waals surface area contributed by atoms with Crippen molar-refractivity contribution >= 4 is 0 Å². The lowest BCUT2D eigenvalue weighted by molar-refractivity contribution is 0.0524. The smallest absolute Gasteiger partial charge is 0.0834 e. The van der Waals surface area contributed by atoms with Crippen LogP contribution in [0.2, 0.25) is 0 Å². The largest absolute Gasteiger partial charge is 0.378 e. The molecule has 0 aromatic rings. The minimum absolute atomic E-state index is 0.383. The molecule has 2 heteroatoms. The van der Waals surface area contributed by atoms with Crippen LogP contribution >= 0.6 is 0 Å². The highest BCUT2D eigenvalue weighted by Crippen LogP contribution is 2.17. The van der Waals surface area contributed by atoms with Crippen molar-refractivity contribution in [1.29, 1.82) is 0 Å². The standard InChI is InChI=1S/C11H22O2/c1-3-4-5-6-7-12-10(2)8-11-9-13-11/h10-11H,3-9H2,1-2H3. The van der Waals surface area contributed by atoms with Gasteiger partial charge in [-0.3, -0.25) is 0 Å². The third-order valence-electron chi connectivity index (χ3n) is 2.40. The van der Waals surface area contributed by atoms with Crippen molar-refractivity contribution in [3.05, 3.63) is 0 Å². The minimum atomic E-state index is 0.383. The predicted octanol–water partition coefficient (Wildman–Crippen LogP) is 2.76. The van der Waals surface area contributed by atoms with Gasteiger partial charge in [0.05, 0.1) is 18.8 Å². The van der Waals surface area contributed by atoms with Crippen molar-refractivity contribution in [3.63, 3.8) is 0 Å². The van der Waals surface area contributed by atoms with Gasteiger partial charge in [0.1, 0.15) is 0 Å². The quantitative estimate of drug-likeness (QED) is 0.429. The molecule has 0 spiro atoms. The molecule has 0 aliphatic carbocycles. The van der Waals surface area contributed by atoms with Gasteiger partial charge in [0.15, 0.2) is 0 Å². The lowest BCUT2D eigenvalue weighted by Gasteiger charge is -2.10. The average Bonchev–Trinajstić information content (AvgIpc) is 2.88. The van der Waals surface area contributed by atoms with Gasteiger partial charge in [0.25, 0.3) is 0 Å². The summed E-state index contributed by atoms with van der Waals surface area (Å²) in [5.74, 6) is 0. The van der Waals surface area contributed by atoms with Crippen LogP contribution in [0.3, 0.4) is 0 Å². The Labute approximate surface area is 81.6 Å². The zero-order valence-corrected chi connectivity index (χ0v) is 8.92. The molecule has 1 heterocycles. The van der Waals surface area contributed by atoms with Crippen LogP contribution in [0, 0.1) is 0 Å². The normalized spacial score (nSPS) is 23.1. The zero-order valence-electron chi connectivity index (χ0n) is 8.92. The molecule has 2 atom stereocenters. The summed E-state index contributed by atoms with van der Waals surface area (Å²) in [6, 6.07) is 0. The summed E-state index contributed by atoms with van der Waals surface area (Å²) in [6.45, 7) is 6.24. The molecule has 1 aliphatic heterocycles. The van der Waals surface area contributed by atoms with Crippen molar-refractivity contribution in [2.75, 3.05) is 13.2 Å². The second-order valence-corrected chi connectivity index (χ2v) is 3.93. The van der Waals surface area contributed by atoms with Crippen LogP contribution < -0.4 is 0 Å². The van der Waals surface area contributed by atoms with Gasteiger partial charge in [0.2, 0.25) is 0 Å². The molecule has 2 nitrogen and oxygen atoms in total. The Morgan fingerprint density at radius 1 is 1.38 bits per heavy atom. The number of hydrogen-bond donors (Lipinski definition) is 0. The van der Waals surface area contributed by atoms with E-state index in [-0.39, 0.29) is 0 Å². The molecule has 0 saturated carbocycles. The SMILES string of the molecule is CCCCCCOC(C)CC1CO1. The number of hydrogen-bond acceptors (Lipinski definition) is 2. The first kappa shape index (κ1) is 11.0. The highest BCUT2D eigenvalue weighted by atomic mass is 16.6. The Balaban J connectivity index is 1.80. The van der Waals surface area contributed by atoms with Gasteiger partial charge in [-0.1, -0.05) is 26.2 Å². The van der Waals surface area contributed by atoms with E-state index in [1.807, 2.05) is 0 Å². The fourth-order valence-corrected chi connectivity index (χ4v) is 1.46. The van der Waals surface area contributed by atoms with Crippen LogP contribution in [0.1, 0.15) is 46.0 Å². The van der Waals surface area contributed by atoms with Crippen LogP contribution in [0.5, 0.6) is 0 Å². The van der Waals surface area contributed by atoms with Gasteiger partial charge in [-0.25, -0.2) is 0 Å². The van der Waals surface area contributed by atoms with E-state index in [0.29, 0.717) is 12.2 Å². The van der Waals surface area contributed by atoms with E-state index in [1.54, 1.807) is 0 Å². The molecule has 0 radical (unpaired) electrons. The second kappa shape index (κ2) is 6.39. The summed E-state index contributed by atoms with van der Waals surface area (Å²) >= 11 is 0. The highest BCUT2D eigenvalue weighted by molar-refractivity contribution is 4.71. The predicted molar refractivity (Wildman–Crippen MR) is 53.9 cm³/mol. The molecule has 0 amide bonds. The molecule has 1 aliphatic rings. The van der Waals surface area contributed by atoms with Gasteiger partial charge < -0.3 is 9.47 Å². The van der Waals surface area contributed by atoms with Crippen LogP contribution in [-0.4, -0.2) is 25.4 Å². The molecular weight excluding hydrogens is 164 g/mol. The van der Waals surface area contributed by atoms with Crippen LogP contribution in [0.25, 0.3) is 0 Å². The molecule has 1 rings (SSSR count). The van der Waals surface area contributed by atoms with E-state index >= 15 is 0 Å². The van der Waals surface area contributed by atoms with E-state index in [2.05, 4.69) is 13.8 Å². The van der Waals surface area contributed by atoms with Crippen LogP contribution in [-0.2, 0) is 9.47 Å². The molecule has 0 aromatic heterocycles. The van der Waals surface area contributed by atoms with Crippen LogP contribution in [0.15, 0.2) is 0 Å². The summed E-state index contributed by atoms with van der Waals surface area (Å²) < 4.78 is 10.8. The summed E-state index contributed by atoms with van der Waals surface area (Å²) in [6.07, 6.45) is 7.12. The molecule has 2 unspecified atom stereocenters. The third kappa shape index (κ3) is 6.05. The van der Waals surface area contributed by atoms with E-state index in [4.69, 9.17) is 9.47 Å². The maximum absolute atomic E-state index is 5.66. The first-order chi connectivity index (χ1) is 6.33. The molecule has 0 N–H and O–H groups in total. The van der Waals surface area contributed by atoms with E-state index in [9.17, 15) is 0 Å². The second-order valence-electron chi connectivity index (χ2n) is 3.93. The topological polar surface area (TPSA) is 21.8 Å². The Morgan fingerprint density at radius 2 is 2.15 bits per heavy atom. The average molecular weight is 186 g/mol. The monoisotopic (exact) mass is 186 g/mol. The Hall–Kier alpha value is -0.0800. The lowest BCUT2D eigenvalue weighted by atomic mass is 10.2. The molecule has 1 fully saturated rings. The number of ether oxygens (including phenoxy) is 2. The van der Waals surface area contributed by atoms with Crippen molar-refractivity contribution in [3.8, 4) is 0 Å².